The fraction of sp³-hybridized carbons (Fsp3) is 0.450. The van der Waals surface area contributed by atoms with Gasteiger partial charge in [0.05, 0.1) is 13.2 Å². The third-order valence-corrected chi connectivity index (χ3v) is 4.90. The summed E-state index contributed by atoms with van der Waals surface area (Å²) in [6.45, 7) is 4.68. The first-order chi connectivity index (χ1) is 12.9. The second-order valence-electron chi connectivity index (χ2n) is 7.26. The molecule has 0 amide bonds. The minimum absolute atomic E-state index is 0.239. The Hall–Kier alpha value is -2.41. The quantitative estimate of drug-likeness (QED) is 0.582. The highest BCUT2D eigenvalue weighted by molar-refractivity contribution is 5.83. The van der Waals surface area contributed by atoms with E-state index in [2.05, 4.69) is 16.2 Å². The van der Waals surface area contributed by atoms with Crippen LogP contribution in [0.1, 0.15) is 38.7 Å². The summed E-state index contributed by atoms with van der Waals surface area (Å²) in [7, 11) is 0. The van der Waals surface area contributed by atoms with Crippen LogP contribution in [0.15, 0.2) is 42.5 Å². The first kappa shape index (κ1) is 19.4. The molecule has 1 atom stereocenters. The van der Waals surface area contributed by atoms with Gasteiger partial charge in [-0.2, -0.15) is 5.10 Å². The molecule has 2 heterocycles. The van der Waals surface area contributed by atoms with Crippen LogP contribution >= 0.6 is 0 Å². The normalized spacial score (nSPS) is 21.3. The molecule has 0 unspecified atom stereocenters. The van der Waals surface area contributed by atoms with Crippen LogP contribution < -0.4 is 0 Å². The summed E-state index contributed by atoms with van der Waals surface area (Å²) in [5.41, 5.74) is 1.13. The van der Waals surface area contributed by atoms with E-state index in [1.54, 1.807) is 11.0 Å². The Bertz CT molecular complexity index is 833. The molecule has 0 aliphatic carbocycles. The molecule has 1 aliphatic heterocycles. The predicted octanol–water partition coefficient (Wildman–Crippen LogP) is 4.25. The standard InChI is InChI=1S/C20H24F2N4O/c1-14(2)19(23)5-3-4-15-9-20(27-10-15,11-26-13-24-12-25-26)17-7-6-16(21)8-18(17)22/h4,6-8,12-14,23H,3,5,9-11H2,1-2H3/b15-4-,23-19?/t20-/m0/s1. The number of nitrogens with zero attached hydrogens (tertiary/aromatic N) is 3. The molecular formula is C20H24F2N4O. The fourth-order valence-electron chi connectivity index (χ4n) is 3.35. The third-order valence-electron chi connectivity index (χ3n) is 4.90. The SMILES string of the molecule is CC(C)C(=N)CC/C=C1\CO[C@@](Cn2cncn2)(c2ccc(F)cc2F)C1. The molecular weight excluding hydrogens is 350 g/mol. The Balaban J connectivity index is 1.83. The summed E-state index contributed by atoms with van der Waals surface area (Å²) >= 11 is 0. The van der Waals surface area contributed by atoms with Gasteiger partial charge in [0.15, 0.2) is 0 Å². The Morgan fingerprint density at radius 1 is 1.41 bits per heavy atom. The van der Waals surface area contributed by atoms with Crippen LogP contribution in [0.5, 0.6) is 0 Å². The lowest BCUT2D eigenvalue weighted by molar-refractivity contribution is -0.0193. The van der Waals surface area contributed by atoms with Crippen molar-refractivity contribution in [3.63, 3.8) is 0 Å². The molecule has 1 aliphatic rings. The lowest BCUT2D eigenvalue weighted by atomic mass is 9.88. The van der Waals surface area contributed by atoms with Crippen molar-refractivity contribution < 1.29 is 13.5 Å². The molecule has 1 N–H and O–H groups in total. The van der Waals surface area contributed by atoms with Gasteiger partial charge in [0, 0.05) is 23.8 Å². The summed E-state index contributed by atoms with van der Waals surface area (Å²) in [5, 5.41) is 12.1. The summed E-state index contributed by atoms with van der Waals surface area (Å²) in [6.07, 6.45) is 6.98. The van der Waals surface area contributed by atoms with Gasteiger partial charge < -0.3 is 10.1 Å². The van der Waals surface area contributed by atoms with E-state index in [9.17, 15) is 8.78 Å². The molecule has 0 radical (unpaired) electrons. The molecule has 0 saturated carbocycles. The minimum Gasteiger partial charge on any atom is -0.364 e. The van der Waals surface area contributed by atoms with Crippen molar-refractivity contribution in [3.05, 3.63) is 59.7 Å². The zero-order chi connectivity index (χ0) is 19.4. The van der Waals surface area contributed by atoms with Gasteiger partial charge >= 0.3 is 0 Å². The van der Waals surface area contributed by atoms with Crippen molar-refractivity contribution in [2.45, 2.75) is 45.3 Å². The van der Waals surface area contributed by atoms with Crippen molar-refractivity contribution in [2.75, 3.05) is 6.61 Å². The van der Waals surface area contributed by atoms with Crippen LogP contribution in [0.25, 0.3) is 0 Å². The lowest BCUT2D eigenvalue weighted by Crippen LogP contribution is -2.32. The van der Waals surface area contributed by atoms with E-state index < -0.39 is 17.2 Å². The molecule has 1 fully saturated rings. The summed E-state index contributed by atoms with van der Waals surface area (Å²) < 4.78 is 35.6. The van der Waals surface area contributed by atoms with Crippen LogP contribution in [0.2, 0.25) is 0 Å². The second-order valence-corrected chi connectivity index (χ2v) is 7.26. The summed E-state index contributed by atoms with van der Waals surface area (Å²) in [6, 6.07) is 3.57. The van der Waals surface area contributed by atoms with Gasteiger partial charge in [-0.15, -0.1) is 0 Å². The topological polar surface area (TPSA) is 63.8 Å². The number of hydrogen-bond acceptors (Lipinski definition) is 4. The zero-order valence-corrected chi connectivity index (χ0v) is 15.6. The van der Waals surface area contributed by atoms with Crippen molar-refractivity contribution in [3.8, 4) is 0 Å². The van der Waals surface area contributed by atoms with Crippen LogP contribution in [0.4, 0.5) is 8.78 Å². The molecule has 0 bridgehead atoms. The third kappa shape index (κ3) is 4.47. The lowest BCUT2D eigenvalue weighted by Gasteiger charge is -2.28. The number of nitrogens with one attached hydrogen (secondary N) is 1. The van der Waals surface area contributed by atoms with E-state index in [1.165, 1.54) is 18.5 Å². The highest BCUT2D eigenvalue weighted by Crippen LogP contribution is 2.41. The number of ether oxygens (including phenoxy) is 1. The highest BCUT2D eigenvalue weighted by atomic mass is 19.1. The van der Waals surface area contributed by atoms with Crippen LogP contribution in [-0.2, 0) is 16.9 Å². The van der Waals surface area contributed by atoms with Crippen LogP contribution in [-0.4, -0.2) is 27.1 Å². The van der Waals surface area contributed by atoms with E-state index in [0.29, 0.717) is 30.7 Å². The molecule has 27 heavy (non-hydrogen) atoms. The molecule has 5 nitrogen and oxygen atoms in total. The largest absolute Gasteiger partial charge is 0.364 e. The number of benzene rings is 1. The van der Waals surface area contributed by atoms with Gasteiger partial charge in [0.25, 0.3) is 0 Å². The Morgan fingerprint density at radius 2 is 2.22 bits per heavy atom. The zero-order valence-electron chi connectivity index (χ0n) is 15.6. The molecule has 1 saturated heterocycles. The summed E-state index contributed by atoms with van der Waals surface area (Å²) in [4.78, 5) is 3.93. The number of hydrogen-bond donors (Lipinski definition) is 1. The summed E-state index contributed by atoms with van der Waals surface area (Å²) in [5.74, 6) is -1.01. The average Bonchev–Trinajstić information content (AvgIpc) is 3.25. The molecule has 144 valence electrons. The maximum Gasteiger partial charge on any atom is 0.137 e. The second kappa shape index (κ2) is 8.08. The van der Waals surface area contributed by atoms with E-state index in [4.69, 9.17) is 10.1 Å². The van der Waals surface area contributed by atoms with Gasteiger partial charge in [-0.3, -0.25) is 0 Å². The van der Waals surface area contributed by atoms with Gasteiger partial charge in [-0.05, 0) is 30.4 Å². The van der Waals surface area contributed by atoms with Crippen molar-refractivity contribution in [1.82, 2.24) is 14.8 Å². The van der Waals surface area contributed by atoms with Gasteiger partial charge in [0.1, 0.15) is 29.9 Å². The number of rotatable bonds is 7. The maximum atomic E-state index is 14.5. The smallest absolute Gasteiger partial charge is 0.137 e. The number of halogens is 2. The van der Waals surface area contributed by atoms with Crippen molar-refractivity contribution >= 4 is 5.71 Å². The highest BCUT2D eigenvalue weighted by Gasteiger charge is 2.42. The Labute approximate surface area is 157 Å². The van der Waals surface area contributed by atoms with Gasteiger partial charge in [-0.1, -0.05) is 26.0 Å². The van der Waals surface area contributed by atoms with Crippen molar-refractivity contribution in [1.29, 1.82) is 5.41 Å². The molecule has 2 aromatic rings. The first-order valence-electron chi connectivity index (χ1n) is 9.07. The molecule has 3 rings (SSSR count). The van der Waals surface area contributed by atoms with Crippen molar-refractivity contribution in [2.24, 2.45) is 5.92 Å². The Morgan fingerprint density at radius 3 is 2.89 bits per heavy atom. The predicted molar refractivity (Wildman–Crippen MR) is 98.5 cm³/mol. The fourth-order valence-corrected chi connectivity index (χ4v) is 3.35. The van der Waals surface area contributed by atoms with E-state index in [-0.39, 0.29) is 12.5 Å². The molecule has 1 aromatic carbocycles. The Kier molecular flexibility index (Phi) is 5.79. The van der Waals surface area contributed by atoms with Gasteiger partial charge in [0.2, 0.25) is 0 Å². The number of allylic oxidation sites excluding steroid dienone is 1. The molecule has 7 heteroatoms. The number of aromatic nitrogens is 3. The molecule has 0 spiro atoms. The monoisotopic (exact) mass is 374 g/mol. The minimum atomic E-state index is -0.955. The van der Waals surface area contributed by atoms with Gasteiger partial charge in [-0.25, -0.2) is 18.4 Å². The van der Waals surface area contributed by atoms with E-state index in [0.717, 1.165) is 18.1 Å². The first-order valence-corrected chi connectivity index (χ1v) is 9.07. The van der Waals surface area contributed by atoms with E-state index in [1.807, 2.05) is 13.8 Å². The van der Waals surface area contributed by atoms with Crippen LogP contribution in [0, 0.1) is 23.0 Å². The van der Waals surface area contributed by atoms with Crippen LogP contribution in [0.3, 0.4) is 0 Å². The average molecular weight is 374 g/mol. The van der Waals surface area contributed by atoms with E-state index >= 15 is 0 Å². The molecule has 1 aromatic heterocycles. The maximum absolute atomic E-state index is 14.5.